The number of hydrogen-bond acceptors (Lipinski definition) is 5. The number of anilines is 2. The van der Waals surface area contributed by atoms with Gasteiger partial charge in [-0.15, -0.1) is 0 Å². The zero-order valence-corrected chi connectivity index (χ0v) is 13.3. The molecule has 2 N–H and O–H groups in total. The fourth-order valence-electron chi connectivity index (χ4n) is 2.50. The second-order valence-corrected chi connectivity index (χ2v) is 5.18. The summed E-state index contributed by atoms with van der Waals surface area (Å²) in [5.74, 6) is -1.33. The largest absolute Gasteiger partial charge is 0.395 e. The van der Waals surface area contributed by atoms with Crippen molar-refractivity contribution in [3.05, 3.63) is 24.3 Å². The Kier molecular flexibility index (Phi) is 6.37. The van der Waals surface area contributed by atoms with Gasteiger partial charge in [0.15, 0.2) is 0 Å². The van der Waals surface area contributed by atoms with Gasteiger partial charge in [0.05, 0.1) is 31.2 Å². The number of rotatable bonds is 5. The molecule has 126 valence electrons. The van der Waals surface area contributed by atoms with Crippen molar-refractivity contribution in [1.82, 2.24) is 4.90 Å². The maximum Gasteiger partial charge on any atom is 0.313 e. The standard InChI is InChI=1S/C16H23N3O4/c1-2-18(7-10-20)16(22)15(21)17-13-5-3-4-6-14(13)19-8-11-23-12-9-19/h3-6,20H,2,7-12H2,1H3,(H,17,21). The molecular formula is C16H23N3O4. The van der Waals surface area contributed by atoms with Crippen LogP contribution >= 0.6 is 0 Å². The van der Waals surface area contributed by atoms with Crippen molar-refractivity contribution in [2.45, 2.75) is 6.92 Å². The third-order valence-electron chi connectivity index (χ3n) is 3.74. The van der Waals surface area contributed by atoms with Crippen LogP contribution in [0.1, 0.15) is 6.92 Å². The highest BCUT2D eigenvalue weighted by atomic mass is 16.5. The summed E-state index contributed by atoms with van der Waals surface area (Å²) in [4.78, 5) is 27.8. The molecule has 0 unspecified atom stereocenters. The number of carbonyl (C=O) groups excluding carboxylic acids is 2. The Labute approximate surface area is 135 Å². The molecule has 7 nitrogen and oxygen atoms in total. The maximum absolute atomic E-state index is 12.2. The van der Waals surface area contributed by atoms with Gasteiger partial charge in [-0.3, -0.25) is 9.59 Å². The SMILES string of the molecule is CCN(CCO)C(=O)C(=O)Nc1ccccc1N1CCOCC1. The van der Waals surface area contributed by atoms with Gasteiger partial charge in [0.2, 0.25) is 0 Å². The van der Waals surface area contributed by atoms with E-state index >= 15 is 0 Å². The van der Waals surface area contributed by atoms with Crippen molar-refractivity contribution in [3.63, 3.8) is 0 Å². The maximum atomic E-state index is 12.2. The molecule has 1 aromatic rings. The van der Waals surface area contributed by atoms with E-state index in [1.54, 1.807) is 13.0 Å². The van der Waals surface area contributed by atoms with Gasteiger partial charge in [0, 0.05) is 26.2 Å². The van der Waals surface area contributed by atoms with E-state index < -0.39 is 11.8 Å². The van der Waals surface area contributed by atoms with Crippen LogP contribution < -0.4 is 10.2 Å². The van der Waals surface area contributed by atoms with Crippen LogP contribution in [0.25, 0.3) is 0 Å². The van der Waals surface area contributed by atoms with Crippen LogP contribution in [0, 0.1) is 0 Å². The Morgan fingerprint density at radius 2 is 2.00 bits per heavy atom. The van der Waals surface area contributed by atoms with Crippen LogP contribution in [0.3, 0.4) is 0 Å². The molecule has 0 bridgehead atoms. The number of likely N-dealkylation sites (N-methyl/N-ethyl adjacent to an activating group) is 1. The lowest BCUT2D eigenvalue weighted by Crippen LogP contribution is -2.41. The number of hydrogen-bond donors (Lipinski definition) is 2. The minimum absolute atomic E-state index is 0.147. The number of para-hydroxylation sites is 2. The summed E-state index contributed by atoms with van der Waals surface area (Å²) in [5.41, 5.74) is 1.48. The van der Waals surface area contributed by atoms with Crippen molar-refractivity contribution >= 4 is 23.2 Å². The molecular weight excluding hydrogens is 298 g/mol. The molecule has 1 saturated heterocycles. The first-order chi connectivity index (χ1) is 11.2. The summed E-state index contributed by atoms with van der Waals surface area (Å²) in [6, 6.07) is 7.40. The van der Waals surface area contributed by atoms with Crippen molar-refractivity contribution < 1.29 is 19.4 Å². The first-order valence-corrected chi connectivity index (χ1v) is 7.80. The minimum Gasteiger partial charge on any atom is -0.395 e. The predicted molar refractivity (Wildman–Crippen MR) is 87.4 cm³/mol. The van der Waals surface area contributed by atoms with Gasteiger partial charge < -0.3 is 25.0 Å². The number of nitrogens with one attached hydrogen (secondary N) is 1. The fraction of sp³-hybridized carbons (Fsp3) is 0.500. The summed E-state index contributed by atoms with van der Waals surface area (Å²) >= 11 is 0. The van der Waals surface area contributed by atoms with Crippen LogP contribution in [-0.2, 0) is 14.3 Å². The van der Waals surface area contributed by atoms with Crippen LogP contribution in [0.4, 0.5) is 11.4 Å². The predicted octanol–water partition coefficient (Wildman–Crippen LogP) is 0.302. The molecule has 0 aliphatic carbocycles. The number of aliphatic hydroxyl groups excluding tert-OH is 1. The van der Waals surface area contributed by atoms with E-state index in [0.717, 1.165) is 18.8 Å². The van der Waals surface area contributed by atoms with Gasteiger partial charge >= 0.3 is 11.8 Å². The smallest absolute Gasteiger partial charge is 0.313 e. The summed E-state index contributed by atoms with van der Waals surface area (Å²) in [6.45, 7) is 4.88. The van der Waals surface area contributed by atoms with E-state index in [0.29, 0.717) is 25.4 Å². The molecule has 7 heteroatoms. The number of aliphatic hydroxyl groups is 1. The van der Waals surface area contributed by atoms with Crippen molar-refractivity contribution in [2.75, 3.05) is 56.2 Å². The molecule has 0 aromatic heterocycles. The van der Waals surface area contributed by atoms with Crippen molar-refractivity contribution in [1.29, 1.82) is 0 Å². The third-order valence-corrected chi connectivity index (χ3v) is 3.74. The molecule has 0 saturated carbocycles. The lowest BCUT2D eigenvalue weighted by molar-refractivity contribution is -0.143. The van der Waals surface area contributed by atoms with Gasteiger partial charge in [0.1, 0.15) is 0 Å². The molecule has 2 rings (SSSR count). The van der Waals surface area contributed by atoms with E-state index in [2.05, 4.69) is 10.2 Å². The quantitative estimate of drug-likeness (QED) is 0.763. The number of amides is 2. The first kappa shape index (κ1) is 17.2. The van der Waals surface area contributed by atoms with Crippen molar-refractivity contribution in [2.24, 2.45) is 0 Å². The van der Waals surface area contributed by atoms with E-state index in [1.807, 2.05) is 18.2 Å². The van der Waals surface area contributed by atoms with E-state index in [9.17, 15) is 9.59 Å². The minimum atomic E-state index is -0.694. The number of benzene rings is 1. The summed E-state index contributed by atoms with van der Waals surface area (Å²) in [5, 5.41) is 11.6. The normalized spacial score (nSPS) is 14.4. The molecule has 1 fully saturated rings. The number of carbonyl (C=O) groups is 2. The zero-order chi connectivity index (χ0) is 16.7. The van der Waals surface area contributed by atoms with Crippen molar-refractivity contribution in [3.8, 4) is 0 Å². The molecule has 1 heterocycles. The van der Waals surface area contributed by atoms with Gasteiger partial charge in [-0.1, -0.05) is 12.1 Å². The molecule has 0 spiro atoms. The highest BCUT2D eigenvalue weighted by Gasteiger charge is 2.22. The molecule has 1 aromatic carbocycles. The number of morpholine rings is 1. The molecule has 0 radical (unpaired) electrons. The Morgan fingerprint density at radius 1 is 1.30 bits per heavy atom. The monoisotopic (exact) mass is 321 g/mol. The van der Waals surface area contributed by atoms with Crippen LogP contribution in [0.15, 0.2) is 24.3 Å². The first-order valence-electron chi connectivity index (χ1n) is 7.80. The van der Waals surface area contributed by atoms with Gasteiger partial charge in [0.25, 0.3) is 0 Å². The third kappa shape index (κ3) is 4.43. The summed E-state index contributed by atoms with van der Waals surface area (Å²) < 4.78 is 5.34. The molecule has 1 aliphatic rings. The highest BCUT2D eigenvalue weighted by Crippen LogP contribution is 2.26. The van der Waals surface area contributed by atoms with E-state index in [1.165, 1.54) is 4.90 Å². The zero-order valence-electron chi connectivity index (χ0n) is 13.3. The van der Waals surface area contributed by atoms with Crippen LogP contribution in [-0.4, -0.2) is 67.8 Å². The average molecular weight is 321 g/mol. The van der Waals surface area contributed by atoms with Crippen LogP contribution in [0.2, 0.25) is 0 Å². The number of ether oxygens (including phenoxy) is 1. The lowest BCUT2D eigenvalue weighted by Gasteiger charge is -2.30. The van der Waals surface area contributed by atoms with E-state index in [-0.39, 0.29) is 13.2 Å². The topological polar surface area (TPSA) is 82.1 Å². The highest BCUT2D eigenvalue weighted by molar-refractivity contribution is 6.39. The number of nitrogens with zero attached hydrogens (tertiary/aromatic N) is 2. The summed E-state index contributed by atoms with van der Waals surface area (Å²) in [6.07, 6.45) is 0. The fourth-order valence-corrected chi connectivity index (χ4v) is 2.50. The molecule has 0 atom stereocenters. The second kappa shape index (κ2) is 8.50. The Morgan fingerprint density at radius 3 is 2.65 bits per heavy atom. The Balaban J connectivity index is 2.10. The molecule has 1 aliphatic heterocycles. The van der Waals surface area contributed by atoms with Gasteiger partial charge in [-0.25, -0.2) is 0 Å². The summed E-state index contributed by atoms with van der Waals surface area (Å²) in [7, 11) is 0. The lowest BCUT2D eigenvalue weighted by atomic mass is 10.2. The van der Waals surface area contributed by atoms with Gasteiger partial charge in [-0.2, -0.15) is 0 Å². The molecule has 23 heavy (non-hydrogen) atoms. The van der Waals surface area contributed by atoms with Crippen LogP contribution in [0.5, 0.6) is 0 Å². The second-order valence-electron chi connectivity index (χ2n) is 5.18. The Bertz CT molecular complexity index is 544. The molecule has 2 amide bonds. The average Bonchev–Trinajstić information content (AvgIpc) is 2.60. The van der Waals surface area contributed by atoms with Gasteiger partial charge in [-0.05, 0) is 19.1 Å². The Hall–Kier alpha value is -2.12. The van der Waals surface area contributed by atoms with E-state index in [4.69, 9.17) is 9.84 Å².